The van der Waals surface area contributed by atoms with E-state index in [4.69, 9.17) is 56.8 Å². The normalized spacial score (nSPS) is 13.3. The molecule has 0 saturated heterocycles. The van der Waals surface area contributed by atoms with Crippen molar-refractivity contribution < 1.29 is 119 Å². The smallest absolute Gasteiger partial charge is 0.723 e. The molecule has 0 spiro atoms. The van der Waals surface area contributed by atoms with E-state index >= 15 is 0 Å². The van der Waals surface area contributed by atoms with Gasteiger partial charge in [-0.3, -0.25) is 0 Å². The number of hydrogen-bond donors (Lipinski definition) is 0. The van der Waals surface area contributed by atoms with Gasteiger partial charge < -0.3 is 97.4 Å². The molecule has 20 nitrogen and oxygen atoms in total. The number of unbranched alkanes of at least 4 members (excludes halogenated alkanes) is 12. The second-order valence-electron chi connectivity index (χ2n) is 27.1. The molecule has 0 amide bonds. The molecule has 0 N–H and O–H groups in total. The predicted octanol–water partition coefficient (Wildman–Crippen LogP) is 17.5. The van der Waals surface area contributed by atoms with Gasteiger partial charge in [0, 0.05) is 26.4 Å². The quantitative estimate of drug-likeness (QED) is 0.0173. The van der Waals surface area contributed by atoms with Crippen molar-refractivity contribution in [3.63, 3.8) is 0 Å². The molecule has 0 aromatic heterocycles. The van der Waals surface area contributed by atoms with E-state index in [9.17, 15) is 21.0 Å². The van der Waals surface area contributed by atoms with Crippen LogP contribution in [0.5, 0.6) is 46.0 Å². The molecule has 21 heteroatoms. The van der Waals surface area contributed by atoms with Crippen LogP contribution in [0.1, 0.15) is 287 Å². The first-order chi connectivity index (χ1) is 50.4. The second kappa shape index (κ2) is 63.3. The Morgan fingerprint density at radius 2 is 0.362 bits per heavy atom. The summed E-state index contributed by atoms with van der Waals surface area (Å²) >= 11 is 0. The number of benzene rings is 4. The molecule has 0 aliphatic heterocycles. The van der Waals surface area contributed by atoms with Crippen molar-refractivity contribution in [1.29, 1.82) is 0 Å². The summed E-state index contributed by atoms with van der Waals surface area (Å²) in [6.45, 7) is 40.7. The molecule has 4 aromatic carbocycles. The van der Waals surface area contributed by atoms with Crippen molar-refractivity contribution in [2.75, 3.05) is 106 Å². The van der Waals surface area contributed by atoms with Crippen molar-refractivity contribution in [3.8, 4) is 46.0 Å². The molecule has 0 aliphatic carbocycles. The maximum absolute atomic E-state index is 11.4. The van der Waals surface area contributed by atoms with Gasteiger partial charge in [0.25, 0.3) is 0 Å². The zero-order chi connectivity index (χ0) is 77.0. The summed E-state index contributed by atoms with van der Waals surface area (Å²) in [6, 6.07) is 22.2. The van der Waals surface area contributed by atoms with Crippen LogP contribution in [0.2, 0.25) is 0 Å². The maximum atomic E-state index is 11.4. The average molecular weight is 1520 g/mol. The van der Waals surface area contributed by atoms with Gasteiger partial charge in [0.15, 0.2) is 46.0 Å². The minimum atomic E-state index is -1.06. The second-order valence-corrected chi connectivity index (χ2v) is 27.1. The van der Waals surface area contributed by atoms with Crippen molar-refractivity contribution in [3.05, 3.63) is 95.1 Å². The van der Waals surface area contributed by atoms with E-state index in [0.717, 1.165) is 176 Å². The maximum Gasteiger partial charge on any atom is 4.00 e. The molecular weight excluding hydrogens is 1380 g/mol. The molecule has 0 bridgehead atoms. The summed E-state index contributed by atoms with van der Waals surface area (Å²) in [6.07, 6.45) is 24.4. The molecule has 105 heavy (non-hydrogen) atoms. The zero-order valence-electron chi connectivity index (χ0n) is 67.9. The number of ether oxygens (including phenoxy) is 12. The Morgan fingerprint density at radius 3 is 0.505 bits per heavy atom. The minimum Gasteiger partial charge on any atom is -0.723 e. The van der Waals surface area contributed by atoms with Crippen LogP contribution in [0.15, 0.2) is 72.8 Å². The molecule has 0 radical (unpaired) electrons. The van der Waals surface area contributed by atoms with E-state index < -0.39 is 22.4 Å². The first-order valence-electron chi connectivity index (χ1n) is 39.6. The molecule has 4 unspecified atom stereocenters. The van der Waals surface area contributed by atoms with E-state index in [1.165, 1.54) is 0 Å². The van der Waals surface area contributed by atoms with Gasteiger partial charge in [-0.2, -0.15) is 0 Å². The fraction of sp³-hybridized carbons (Fsp3) is 0.714. The Morgan fingerprint density at radius 1 is 0.219 bits per heavy atom. The summed E-state index contributed by atoms with van der Waals surface area (Å²) in [5, 5.41) is 45.7. The molecule has 0 heterocycles. The Balaban J connectivity index is 0.00000137. The zero-order valence-corrected chi connectivity index (χ0v) is 69.4. The summed E-state index contributed by atoms with van der Waals surface area (Å²) in [7, 11) is 0. The van der Waals surface area contributed by atoms with Crippen LogP contribution >= 0.6 is 0 Å². The van der Waals surface area contributed by atoms with Gasteiger partial charge in [0.05, 0.1) is 79.3 Å². The monoisotopic (exact) mass is 1520 g/mol. The first kappa shape index (κ1) is 101. The molecule has 0 aliphatic rings. The van der Waals surface area contributed by atoms with Gasteiger partial charge in [0.2, 0.25) is 0 Å². The Kier molecular flexibility index (Phi) is 60.6. The van der Waals surface area contributed by atoms with Crippen molar-refractivity contribution >= 4 is 0 Å². The van der Waals surface area contributed by atoms with Crippen LogP contribution in [0, 0.1) is 0 Å². The van der Waals surface area contributed by atoms with Crippen LogP contribution < -0.4 is 58.9 Å². The van der Waals surface area contributed by atoms with Gasteiger partial charge in [-0.1, -0.05) is 184 Å². The number of hydrogen-bond acceptors (Lipinski definition) is 20. The molecule has 4 aromatic rings. The molecular formula is C84H140O20Ti. The van der Waals surface area contributed by atoms with Crippen LogP contribution in [0.4, 0.5) is 0 Å². The molecule has 0 fully saturated rings. The number of rotatable bonds is 60. The van der Waals surface area contributed by atoms with E-state index in [0.29, 0.717) is 125 Å². The largest absolute Gasteiger partial charge is 4.00 e. The van der Waals surface area contributed by atoms with Gasteiger partial charge in [-0.15, -0.1) is 0 Å². The van der Waals surface area contributed by atoms with Crippen LogP contribution in [0.25, 0.3) is 0 Å². The average Bonchev–Trinajstić information content (AvgIpc) is 0.836. The summed E-state index contributed by atoms with van der Waals surface area (Å²) < 4.78 is 69.6. The topological polar surface area (TPSA) is 240 Å². The van der Waals surface area contributed by atoms with Gasteiger partial charge in [-0.05, 0) is 176 Å². The third-order valence-corrected chi connectivity index (χ3v) is 17.1. The van der Waals surface area contributed by atoms with E-state index in [1.807, 2.05) is 72.8 Å². The molecule has 4 rings (SSSR count). The van der Waals surface area contributed by atoms with Gasteiger partial charge in [0.1, 0.15) is 22.4 Å². The summed E-state index contributed by atoms with van der Waals surface area (Å²) in [5.41, 5.74) is -1.29. The third-order valence-electron chi connectivity index (χ3n) is 17.1. The fourth-order valence-corrected chi connectivity index (χ4v) is 9.56. The Labute approximate surface area is 649 Å². The van der Waals surface area contributed by atoms with Crippen molar-refractivity contribution in [2.45, 2.75) is 287 Å². The third kappa shape index (κ3) is 41.2. The van der Waals surface area contributed by atoms with E-state index in [2.05, 4.69) is 103 Å². The van der Waals surface area contributed by atoms with Crippen LogP contribution in [0.3, 0.4) is 0 Å². The van der Waals surface area contributed by atoms with Crippen molar-refractivity contribution in [2.24, 2.45) is 0 Å². The Hall–Kier alpha value is -4.49. The first-order valence-corrected chi connectivity index (χ1v) is 39.6. The predicted molar refractivity (Wildman–Crippen MR) is 406 cm³/mol. The molecule has 0 saturated carbocycles. The van der Waals surface area contributed by atoms with Crippen LogP contribution in [-0.4, -0.2) is 106 Å². The van der Waals surface area contributed by atoms with Gasteiger partial charge >= 0.3 is 21.7 Å². The van der Waals surface area contributed by atoms with E-state index in [-0.39, 0.29) is 48.1 Å². The van der Waals surface area contributed by atoms with Crippen molar-refractivity contribution in [1.82, 2.24) is 0 Å². The summed E-state index contributed by atoms with van der Waals surface area (Å²) in [4.78, 5) is 18.2. The Bertz CT molecular complexity index is 2330. The standard InChI is InChI=1S/4C21H36O5.Ti/c4*1-5-8-13-23-17-21(4,26-22)18-11-12-19(24-14-9-6-2)20(16-18)25-15-10-7-3;/h4*11-12,16,22H,5-10,13-15,17H2,1-4H3;/q;;;;+4/p-4. The van der Waals surface area contributed by atoms with E-state index in [1.54, 1.807) is 27.7 Å². The fourth-order valence-electron chi connectivity index (χ4n) is 9.56. The summed E-state index contributed by atoms with van der Waals surface area (Å²) in [5.74, 6) is 5.45. The minimum absolute atomic E-state index is 0. The SMILES string of the molecule is CCCCOCC(C)(O[O-])c1ccc(OCCCC)c(OCCCC)c1.CCCCOCC(C)(O[O-])c1ccc(OCCCC)c(OCCCC)c1.CCCCOCC(C)(O[O-])c1ccc(OCCCC)c(OCCCC)c1.CCCCOCC(C)(O[O-])c1ccc(OCCCC)c(OCCCC)c1.[Ti+4]. The van der Waals surface area contributed by atoms with Crippen LogP contribution in [-0.2, 0) is 82.6 Å². The van der Waals surface area contributed by atoms with Gasteiger partial charge in [-0.25, -0.2) is 0 Å². The molecule has 600 valence electrons. The molecule has 4 atom stereocenters.